The summed E-state index contributed by atoms with van der Waals surface area (Å²) in [6.45, 7) is -0.272. The van der Waals surface area contributed by atoms with Crippen LogP contribution in [0.2, 0.25) is 5.15 Å². The molecule has 1 aromatic carbocycles. The number of benzene rings is 1. The van der Waals surface area contributed by atoms with E-state index in [9.17, 15) is 24.1 Å². The molecule has 0 radical (unpaired) electrons. The van der Waals surface area contributed by atoms with Crippen LogP contribution in [0, 0.1) is 17.6 Å². The lowest BCUT2D eigenvalue weighted by molar-refractivity contribution is 0.00445. The molecule has 150 valence electrons. The molecule has 7 nitrogen and oxygen atoms in total. The minimum atomic E-state index is -1.13. The molecule has 1 heterocycles. The Morgan fingerprint density at radius 1 is 1.18 bits per heavy atom. The van der Waals surface area contributed by atoms with Crippen LogP contribution in [0.4, 0.5) is 20.5 Å². The largest absolute Gasteiger partial charge is 0.396 e. The Bertz CT molecular complexity index is 899. The maximum Gasteiger partial charge on any atom is 0.223 e. The van der Waals surface area contributed by atoms with Crippen LogP contribution in [-0.4, -0.2) is 50.1 Å². The van der Waals surface area contributed by atoms with Crippen molar-refractivity contribution < 1.29 is 24.1 Å². The third-order valence-corrected chi connectivity index (χ3v) is 4.95. The zero-order valence-corrected chi connectivity index (χ0v) is 15.3. The fraction of sp³-hybridized carbons (Fsp3) is 0.333. The van der Waals surface area contributed by atoms with Gasteiger partial charge >= 0.3 is 0 Å². The zero-order chi connectivity index (χ0) is 20.4. The van der Waals surface area contributed by atoms with Gasteiger partial charge in [-0.05, 0) is 30.2 Å². The van der Waals surface area contributed by atoms with E-state index in [1.54, 1.807) is 0 Å². The molecular weight excluding hydrogens is 394 g/mol. The van der Waals surface area contributed by atoms with E-state index < -0.39 is 35.8 Å². The van der Waals surface area contributed by atoms with Gasteiger partial charge in [-0.15, -0.1) is 0 Å². The lowest BCUT2D eigenvalue weighted by atomic mass is 10.1. The molecule has 2 aromatic rings. The first kappa shape index (κ1) is 20.4. The van der Waals surface area contributed by atoms with Crippen LogP contribution in [-0.2, 0) is 0 Å². The molecule has 1 saturated carbocycles. The minimum Gasteiger partial charge on any atom is -0.396 e. The van der Waals surface area contributed by atoms with Gasteiger partial charge in [-0.2, -0.15) is 4.98 Å². The first-order valence-corrected chi connectivity index (χ1v) is 8.87. The number of rotatable bonds is 5. The van der Waals surface area contributed by atoms with Gasteiger partial charge in [0, 0.05) is 12.5 Å². The quantitative estimate of drug-likeness (QED) is 0.473. The van der Waals surface area contributed by atoms with Gasteiger partial charge in [-0.3, -0.25) is 0 Å². The van der Waals surface area contributed by atoms with Gasteiger partial charge in [-0.1, -0.05) is 23.7 Å². The van der Waals surface area contributed by atoms with Crippen molar-refractivity contribution >= 4 is 35.5 Å². The fourth-order valence-electron chi connectivity index (χ4n) is 3.14. The van der Waals surface area contributed by atoms with E-state index in [-0.39, 0.29) is 23.5 Å². The Morgan fingerprint density at radius 2 is 1.93 bits per heavy atom. The Balaban J connectivity index is 1.89. The molecule has 6 N–H and O–H groups in total. The summed E-state index contributed by atoms with van der Waals surface area (Å²) in [5, 5.41) is 32.4. The molecule has 4 unspecified atom stereocenters. The number of aromatic nitrogens is 2. The summed E-state index contributed by atoms with van der Waals surface area (Å²) in [6, 6.07) is 2.80. The second-order valence-corrected chi connectivity index (χ2v) is 6.91. The number of aliphatic hydroxyl groups is 3. The van der Waals surface area contributed by atoms with Gasteiger partial charge in [0.2, 0.25) is 5.95 Å². The number of anilines is 2. The molecule has 10 heteroatoms. The van der Waals surface area contributed by atoms with Crippen molar-refractivity contribution in [3.63, 3.8) is 0 Å². The monoisotopic (exact) mass is 412 g/mol. The van der Waals surface area contributed by atoms with Crippen LogP contribution in [0.1, 0.15) is 17.5 Å². The summed E-state index contributed by atoms with van der Waals surface area (Å²) >= 11 is 6.16. The molecule has 0 bridgehead atoms. The van der Waals surface area contributed by atoms with Gasteiger partial charge < -0.3 is 26.4 Å². The average Bonchev–Trinajstić information content (AvgIpc) is 2.91. The maximum atomic E-state index is 13.4. The number of hydrogen-bond donors (Lipinski definition) is 5. The number of nitrogens with two attached hydrogens (primary N) is 1. The topological polar surface area (TPSA) is 125 Å². The highest BCUT2D eigenvalue weighted by atomic mass is 35.5. The van der Waals surface area contributed by atoms with Crippen LogP contribution >= 0.6 is 11.6 Å². The van der Waals surface area contributed by atoms with Crippen molar-refractivity contribution in [2.24, 2.45) is 5.92 Å². The molecule has 0 saturated heterocycles. The third-order valence-electron chi connectivity index (χ3n) is 4.66. The minimum absolute atomic E-state index is 0.0144. The molecule has 1 aliphatic carbocycles. The molecule has 4 atom stereocenters. The van der Waals surface area contributed by atoms with E-state index in [4.69, 9.17) is 17.3 Å². The Morgan fingerprint density at radius 3 is 2.57 bits per heavy atom. The summed E-state index contributed by atoms with van der Waals surface area (Å²) in [5.41, 5.74) is 6.35. The lowest BCUT2D eigenvalue weighted by Gasteiger charge is -2.20. The maximum absolute atomic E-state index is 13.4. The molecule has 3 rings (SSSR count). The first-order valence-electron chi connectivity index (χ1n) is 8.49. The molecule has 28 heavy (non-hydrogen) atoms. The number of nitrogen functional groups attached to an aromatic ring is 1. The van der Waals surface area contributed by atoms with E-state index in [1.165, 1.54) is 18.2 Å². The second kappa shape index (κ2) is 8.36. The predicted molar refractivity (Wildman–Crippen MR) is 101 cm³/mol. The molecule has 0 amide bonds. The van der Waals surface area contributed by atoms with Crippen LogP contribution in [0.25, 0.3) is 12.2 Å². The van der Waals surface area contributed by atoms with Gasteiger partial charge in [0.15, 0.2) is 11.6 Å². The van der Waals surface area contributed by atoms with Gasteiger partial charge in [-0.25, -0.2) is 13.8 Å². The van der Waals surface area contributed by atoms with Crippen molar-refractivity contribution in [3.8, 4) is 0 Å². The molecule has 1 aromatic heterocycles. The molecular formula is C18H19ClF2N4O3. The predicted octanol–water partition coefficient (Wildman–Crippen LogP) is 1.68. The third kappa shape index (κ3) is 4.22. The molecule has 0 spiro atoms. The Labute approximate surface area is 164 Å². The van der Waals surface area contributed by atoms with E-state index in [1.807, 2.05) is 0 Å². The fourth-order valence-corrected chi connectivity index (χ4v) is 3.38. The van der Waals surface area contributed by atoms with Gasteiger partial charge in [0.05, 0.1) is 17.7 Å². The van der Waals surface area contributed by atoms with E-state index in [0.717, 1.165) is 12.1 Å². The van der Waals surface area contributed by atoms with Gasteiger partial charge in [0.25, 0.3) is 0 Å². The molecule has 1 aliphatic rings. The van der Waals surface area contributed by atoms with E-state index >= 15 is 0 Å². The number of nitrogens with one attached hydrogen (secondary N) is 1. The molecule has 1 fully saturated rings. The summed E-state index contributed by atoms with van der Waals surface area (Å²) in [5.74, 6) is -2.34. The summed E-state index contributed by atoms with van der Waals surface area (Å²) < 4.78 is 26.4. The normalized spacial score (nSPS) is 24.8. The highest BCUT2D eigenvalue weighted by Crippen LogP contribution is 2.31. The van der Waals surface area contributed by atoms with Crippen LogP contribution in [0.5, 0.6) is 0 Å². The van der Waals surface area contributed by atoms with Crippen molar-refractivity contribution in [2.75, 3.05) is 17.7 Å². The van der Waals surface area contributed by atoms with Crippen molar-refractivity contribution in [2.45, 2.75) is 24.7 Å². The smallest absolute Gasteiger partial charge is 0.223 e. The highest BCUT2D eigenvalue weighted by molar-refractivity contribution is 6.31. The van der Waals surface area contributed by atoms with E-state index in [2.05, 4.69) is 15.3 Å². The highest BCUT2D eigenvalue weighted by Gasteiger charge is 2.41. The van der Waals surface area contributed by atoms with Crippen LogP contribution in [0.3, 0.4) is 0 Å². The Kier molecular flexibility index (Phi) is 6.09. The molecule has 0 aliphatic heterocycles. The van der Waals surface area contributed by atoms with Crippen molar-refractivity contribution in [3.05, 3.63) is 46.1 Å². The first-order chi connectivity index (χ1) is 13.3. The second-order valence-electron chi connectivity index (χ2n) is 6.55. The lowest BCUT2D eigenvalue weighted by Crippen LogP contribution is -2.35. The average molecular weight is 413 g/mol. The number of hydrogen-bond acceptors (Lipinski definition) is 7. The summed E-state index contributed by atoms with van der Waals surface area (Å²) in [4.78, 5) is 7.96. The van der Waals surface area contributed by atoms with Gasteiger partial charge in [0.1, 0.15) is 17.1 Å². The number of halogens is 3. The van der Waals surface area contributed by atoms with Crippen LogP contribution < -0.4 is 11.1 Å². The Hall–Kier alpha value is -2.33. The SMILES string of the molecule is Nc1nc(Cl)c(C=Cc2ccc(F)c(F)c2)c(NC2CC(CO)C(O)C2O)n1. The van der Waals surface area contributed by atoms with Crippen LogP contribution in [0.15, 0.2) is 18.2 Å². The summed E-state index contributed by atoms with van der Waals surface area (Å²) in [7, 11) is 0. The standard InChI is InChI=1S/C18H19ClF2N4O3/c19-16-10(3-1-8-2-4-11(20)12(21)5-8)17(25-18(22)24-16)23-13-6-9(7-26)14(27)15(13)28/h1-5,9,13-15,26-28H,6-7H2,(H3,22,23,24,25). The zero-order valence-electron chi connectivity index (χ0n) is 14.6. The van der Waals surface area contributed by atoms with Crippen molar-refractivity contribution in [1.29, 1.82) is 0 Å². The number of aliphatic hydroxyl groups excluding tert-OH is 3. The number of nitrogens with zero attached hydrogens (tertiary/aromatic N) is 2. The van der Waals surface area contributed by atoms with Crippen molar-refractivity contribution in [1.82, 2.24) is 9.97 Å². The summed E-state index contributed by atoms with van der Waals surface area (Å²) in [6.07, 6.45) is 1.07. The van der Waals surface area contributed by atoms with E-state index in [0.29, 0.717) is 17.5 Å².